The molecule has 0 aliphatic carbocycles. The number of benzene rings is 8. The monoisotopic (exact) mass is 781 g/mol. The first-order valence-electron chi connectivity index (χ1n) is 20.7. The number of para-hydroxylation sites is 3. The molecule has 10 aromatic rings. The van der Waals surface area contributed by atoms with Gasteiger partial charge in [0.05, 0.1) is 39.5 Å². The van der Waals surface area contributed by atoms with E-state index in [1.54, 1.807) is 0 Å². The van der Waals surface area contributed by atoms with Crippen molar-refractivity contribution >= 4 is 38.9 Å². The van der Waals surface area contributed by atoms with E-state index in [-0.39, 0.29) is 5.41 Å². The van der Waals surface area contributed by atoms with Crippen molar-refractivity contribution in [3.8, 4) is 56.8 Å². The molecule has 0 N–H and O–H groups in total. The molecule has 5 heteroatoms. The molecule has 1 aliphatic heterocycles. The standard InChI is InChI=1S/C56H39N5/c1-56(2)46-28-16-18-30-50(46)60(41-25-13-6-14-26-41)54-47(56)33-32-43-42-27-15-17-29-48(42)61(53(43)54)49-34-31-40(37-19-7-3-8-20-37)35-44(49)55-58-51(38-21-9-4-10-22-38)45(36-57)52(59-55)39-23-11-5-12-24-39/h3-35H,1-2H3. The fraction of sp³-hybridized carbons (Fsp3) is 0.0536. The van der Waals surface area contributed by atoms with Gasteiger partial charge in [0.1, 0.15) is 11.6 Å². The van der Waals surface area contributed by atoms with Gasteiger partial charge in [-0.3, -0.25) is 0 Å². The maximum Gasteiger partial charge on any atom is 0.162 e. The van der Waals surface area contributed by atoms with E-state index in [0.29, 0.717) is 22.8 Å². The van der Waals surface area contributed by atoms with E-state index in [0.717, 1.165) is 72.4 Å². The number of aromatic nitrogens is 3. The lowest BCUT2D eigenvalue weighted by Crippen LogP contribution is -2.31. The summed E-state index contributed by atoms with van der Waals surface area (Å²) in [5.74, 6) is 0.533. The van der Waals surface area contributed by atoms with E-state index in [9.17, 15) is 5.26 Å². The van der Waals surface area contributed by atoms with Gasteiger partial charge in [0.15, 0.2) is 5.82 Å². The molecule has 0 fully saturated rings. The topological polar surface area (TPSA) is 57.7 Å². The quantitative estimate of drug-likeness (QED) is 0.169. The molecule has 0 saturated carbocycles. The van der Waals surface area contributed by atoms with Crippen LogP contribution in [0.15, 0.2) is 200 Å². The van der Waals surface area contributed by atoms with Crippen LogP contribution >= 0.6 is 0 Å². The van der Waals surface area contributed by atoms with Crippen molar-refractivity contribution in [2.75, 3.05) is 4.90 Å². The van der Waals surface area contributed by atoms with Crippen molar-refractivity contribution in [1.29, 1.82) is 5.26 Å². The molecular weight excluding hydrogens is 743 g/mol. The van der Waals surface area contributed by atoms with Crippen LogP contribution in [0.25, 0.3) is 72.5 Å². The zero-order valence-corrected chi connectivity index (χ0v) is 33.8. The van der Waals surface area contributed by atoms with E-state index in [1.165, 1.54) is 11.1 Å². The van der Waals surface area contributed by atoms with Crippen LogP contribution in [0, 0.1) is 11.3 Å². The second-order valence-electron chi connectivity index (χ2n) is 16.1. The number of nitriles is 1. The molecule has 0 radical (unpaired) electrons. The highest BCUT2D eigenvalue weighted by Crippen LogP contribution is 2.55. The minimum Gasteiger partial charge on any atom is -0.308 e. The van der Waals surface area contributed by atoms with Crippen LogP contribution in [-0.4, -0.2) is 14.5 Å². The third-order valence-electron chi connectivity index (χ3n) is 12.2. The molecule has 2 aromatic heterocycles. The van der Waals surface area contributed by atoms with Crippen LogP contribution in [-0.2, 0) is 5.41 Å². The Labute approximate surface area is 355 Å². The molecule has 11 rings (SSSR count). The highest BCUT2D eigenvalue weighted by Gasteiger charge is 2.39. The average Bonchev–Trinajstić information content (AvgIpc) is 3.67. The second kappa shape index (κ2) is 14.3. The number of anilines is 3. The van der Waals surface area contributed by atoms with Crippen molar-refractivity contribution < 1.29 is 0 Å². The van der Waals surface area contributed by atoms with Gasteiger partial charge in [-0.1, -0.05) is 178 Å². The zero-order chi connectivity index (χ0) is 41.1. The lowest BCUT2D eigenvalue weighted by Gasteiger charge is -2.42. The summed E-state index contributed by atoms with van der Waals surface area (Å²) in [5, 5.41) is 13.1. The molecule has 288 valence electrons. The summed E-state index contributed by atoms with van der Waals surface area (Å²) in [7, 11) is 0. The summed E-state index contributed by atoms with van der Waals surface area (Å²) in [4.78, 5) is 13.2. The minimum absolute atomic E-state index is 0.307. The molecule has 3 heterocycles. The van der Waals surface area contributed by atoms with Crippen LogP contribution in [0.1, 0.15) is 30.5 Å². The van der Waals surface area contributed by atoms with Crippen LogP contribution in [0.4, 0.5) is 17.1 Å². The first-order chi connectivity index (χ1) is 30.0. The second-order valence-corrected chi connectivity index (χ2v) is 16.1. The molecular formula is C56H39N5. The van der Waals surface area contributed by atoms with Gasteiger partial charge >= 0.3 is 0 Å². The van der Waals surface area contributed by atoms with Gasteiger partial charge in [-0.2, -0.15) is 5.26 Å². The summed E-state index contributed by atoms with van der Waals surface area (Å²) in [6, 6.07) is 72.4. The minimum atomic E-state index is -0.307. The maximum atomic E-state index is 10.8. The molecule has 0 unspecified atom stereocenters. The SMILES string of the molecule is CC1(C)c2ccccc2N(c2ccccc2)c2c1ccc1c3ccccc3n(-c3ccc(-c4ccccc4)cc3-c3nc(-c4ccccc4)c(C#N)c(-c4ccccc4)n3)c21. The average molecular weight is 782 g/mol. The highest BCUT2D eigenvalue weighted by atomic mass is 15.2. The molecule has 61 heavy (non-hydrogen) atoms. The third-order valence-corrected chi connectivity index (χ3v) is 12.2. The Hall–Kier alpha value is -8.07. The van der Waals surface area contributed by atoms with E-state index >= 15 is 0 Å². The summed E-state index contributed by atoms with van der Waals surface area (Å²) >= 11 is 0. The Bertz CT molecular complexity index is 3270. The van der Waals surface area contributed by atoms with Gasteiger partial charge in [0, 0.05) is 38.6 Å². The number of hydrogen-bond donors (Lipinski definition) is 0. The van der Waals surface area contributed by atoms with Crippen molar-refractivity contribution in [1.82, 2.24) is 14.5 Å². The largest absolute Gasteiger partial charge is 0.308 e. The molecule has 8 aromatic carbocycles. The van der Waals surface area contributed by atoms with Gasteiger partial charge in [0.25, 0.3) is 0 Å². The molecule has 0 bridgehead atoms. The van der Waals surface area contributed by atoms with E-state index in [4.69, 9.17) is 9.97 Å². The Morgan fingerprint density at radius 2 is 1.07 bits per heavy atom. The maximum absolute atomic E-state index is 10.8. The van der Waals surface area contributed by atoms with Crippen molar-refractivity contribution in [3.05, 3.63) is 217 Å². The Balaban J connectivity index is 1.29. The van der Waals surface area contributed by atoms with Crippen molar-refractivity contribution in [3.63, 3.8) is 0 Å². The van der Waals surface area contributed by atoms with Gasteiger partial charge in [0.2, 0.25) is 0 Å². The lowest BCUT2D eigenvalue weighted by atomic mass is 9.73. The first-order valence-corrected chi connectivity index (χ1v) is 20.7. The summed E-state index contributed by atoms with van der Waals surface area (Å²) in [5.41, 5.74) is 15.0. The molecule has 5 nitrogen and oxygen atoms in total. The fourth-order valence-corrected chi connectivity index (χ4v) is 9.35. The van der Waals surface area contributed by atoms with Crippen LogP contribution < -0.4 is 4.90 Å². The highest BCUT2D eigenvalue weighted by molar-refractivity contribution is 6.16. The molecule has 1 aliphatic rings. The van der Waals surface area contributed by atoms with Gasteiger partial charge in [-0.15, -0.1) is 0 Å². The van der Waals surface area contributed by atoms with Gasteiger partial charge in [-0.05, 0) is 58.7 Å². The normalized spacial score (nSPS) is 12.8. The summed E-state index contributed by atoms with van der Waals surface area (Å²) in [6.07, 6.45) is 0. The number of hydrogen-bond acceptors (Lipinski definition) is 4. The van der Waals surface area contributed by atoms with Crippen LogP contribution in [0.2, 0.25) is 0 Å². The lowest BCUT2D eigenvalue weighted by molar-refractivity contribution is 0.633. The summed E-state index contributed by atoms with van der Waals surface area (Å²) in [6.45, 7) is 4.68. The fourth-order valence-electron chi connectivity index (χ4n) is 9.35. The molecule has 0 amide bonds. The first kappa shape index (κ1) is 36.0. The molecule has 0 saturated heterocycles. The molecule has 0 atom stereocenters. The number of fused-ring (bicyclic) bond motifs is 6. The van der Waals surface area contributed by atoms with Gasteiger partial charge < -0.3 is 9.47 Å². The van der Waals surface area contributed by atoms with Crippen LogP contribution in [0.5, 0.6) is 0 Å². The zero-order valence-electron chi connectivity index (χ0n) is 33.8. The van der Waals surface area contributed by atoms with E-state index < -0.39 is 0 Å². The Kier molecular flexibility index (Phi) is 8.47. The number of nitrogens with zero attached hydrogens (tertiary/aromatic N) is 5. The smallest absolute Gasteiger partial charge is 0.162 e. The Morgan fingerprint density at radius 3 is 1.72 bits per heavy atom. The predicted octanol–water partition coefficient (Wildman–Crippen LogP) is 14.2. The summed E-state index contributed by atoms with van der Waals surface area (Å²) < 4.78 is 2.43. The van der Waals surface area contributed by atoms with E-state index in [2.05, 4.69) is 163 Å². The Morgan fingerprint density at radius 1 is 0.492 bits per heavy atom. The predicted molar refractivity (Wildman–Crippen MR) is 250 cm³/mol. The van der Waals surface area contributed by atoms with Gasteiger partial charge in [-0.25, -0.2) is 9.97 Å². The molecule has 0 spiro atoms. The van der Waals surface area contributed by atoms with E-state index in [1.807, 2.05) is 66.7 Å². The third kappa shape index (κ3) is 5.76. The van der Waals surface area contributed by atoms with Crippen molar-refractivity contribution in [2.45, 2.75) is 19.3 Å². The van der Waals surface area contributed by atoms with Crippen LogP contribution in [0.3, 0.4) is 0 Å². The number of rotatable bonds is 6. The van der Waals surface area contributed by atoms with Crippen molar-refractivity contribution in [2.24, 2.45) is 0 Å².